The van der Waals surface area contributed by atoms with Crippen molar-refractivity contribution >= 4 is 11.6 Å². The molecule has 0 N–H and O–H groups in total. The second kappa shape index (κ2) is 9.07. The van der Waals surface area contributed by atoms with E-state index in [1.54, 1.807) is 4.52 Å². The minimum atomic E-state index is -0.734. The maximum Gasteiger partial charge on any atom is 0.257 e. The molecule has 0 unspecified atom stereocenters. The molecule has 3 rings (SSSR count). The molecule has 3 aromatic rings. The Labute approximate surface area is 168 Å². The molecule has 154 valence electrons. The average Bonchev–Trinajstić information content (AvgIpc) is 3.13. The van der Waals surface area contributed by atoms with Gasteiger partial charge < -0.3 is 4.90 Å². The summed E-state index contributed by atoms with van der Waals surface area (Å²) < 4.78 is 29.4. The van der Waals surface area contributed by atoms with Crippen molar-refractivity contribution in [3.63, 3.8) is 0 Å². The fraction of sp³-hybridized carbons (Fsp3) is 0.429. The van der Waals surface area contributed by atoms with E-state index in [9.17, 15) is 13.6 Å². The Balaban J connectivity index is 1.97. The van der Waals surface area contributed by atoms with Crippen LogP contribution in [0.3, 0.4) is 0 Å². The van der Waals surface area contributed by atoms with Gasteiger partial charge in [-0.2, -0.15) is 5.10 Å². The second-order valence-electron chi connectivity index (χ2n) is 7.53. The monoisotopic (exact) mass is 401 g/mol. The van der Waals surface area contributed by atoms with E-state index in [4.69, 9.17) is 0 Å². The topological polar surface area (TPSA) is 63.4 Å². The Hall–Kier alpha value is -2.90. The summed E-state index contributed by atoms with van der Waals surface area (Å²) in [4.78, 5) is 14.6. The fourth-order valence-corrected chi connectivity index (χ4v) is 3.14. The molecule has 0 fully saturated rings. The summed E-state index contributed by atoms with van der Waals surface area (Å²) >= 11 is 0. The van der Waals surface area contributed by atoms with Gasteiger partial charge in [0.05, 0.1) is 17.8 Å². The lowest BCUT2D eigenvalue weighted by Gasteiger charge is -2.24. The van der Waals surface area contributed by atoms with Crippen LogP contribution < -0.4 is 0 Å². The van der Waals surface area contributed by atoms with Crippen LogP contribution in [0.2, 0.25) is 0 Å². The molecule has 0 spiro atoms. The van der Waals surface area contributed by atoms with Crippen LogP contribution in [0.25, 0.3) is 5.65 Å². The third kappa shape index (κ3) is 4.93. The quantitative estimate of drug-likeness (QED) is 0.571. The fourth-order valence-electron chi connectivity index (χ4n) is 3.14. The number of carbonyl (C=O) groups is 1. The van der Waals surface area contributed by atoms with Gasteiger partial charge in [-0.1, -0.05) is 27.2 Å². The van der Waals surface area contributed by atoms with E-state index < -0.39 is 17.5 Å². The van der Waals surface area contributed by atoms with Crippen LogP contribution in [0.4, 0.5) is 8.78 Å². The molecule has 6 nitrogen and oxygen atoms in total. The van der Waals surface area contributed by atoms with E-state index in [0.29, 0.717) is 23.8 Å². The van der Waals surface area contributed by atoms with E-state index >= 15 is 0 Å². The maximum atomic E-state index is 14.2. The molecule has 0 radical (unpaired) electrons. The number of rotatable bonds is 8. The van der Waals surface area contributed by atoms with Gasteiger partial charge in [-0.05, 0) is 48.6 Å². The van der Waals surface area contributed by atoms with Crippen molar-refractivity contribution in [1.29, 1.82) is 0 Å². The number of halogens is 2. The van der Waals surface area contributed by atoms with Gasteiger partial charge in [-0.25, -0.2) is 13.3 Å². The predicted molar refractivity (Wildman–Crippen MR) is 105 cm³/mol. The van der Waals surface area contributed by atoms with Crippen LogP contribution in [-0.4, -0.2) is 37.2 Å². The van der Waals surface area contributed by atoms with Gasteiger partial charge in [0.25, 0.3) is 5.91 Å². The molecule has 0 saturated heterocycles. The Bertz CT molecular complexity index is 1000. The first-order valence-corrected chi connectivity index (χ1v) is 9.82. The standard InChI is InChI=1S/C21H25F2N5O/c1-4-5-15-10-20-25-24-13-28(20)26-19(15)12-27(9-8-14(2)3)21(29)17-11-16(22)6-7-18(17)23/h6-7,10-11,13-14H,4-5,8-9,12H2,1-3H3. The molecule has 29 heavy (non-hydrogen) atoms. The zero-order valence-electron chi connectivity index (χ0n) is 16.9. The highest BCUT2D eigenvalue weighted by Crippen LogP contribution is 2.19. The third-order valence-corrected chi connectivity index (χ3v) is 4.74. The van der Waals surface area contributed by atoms with Crippen LogP contribution >= 0.6 is 0 Å². The van der Waals surface area contributed by atoms with Crippen molar-refractivity contribution in [3.05, 3.63) is 59.0 Å². The molecule has 2 heterocycles. The largest absolute Gasteiger partial charge is 0.333 e. The van der Waals surface area contributed by atoms with E-state index in [0.717, 1.165) is 43.0 Å². The number of hydrogen-bond acceptors (Lipinski definition) is 4. The number of benzene rings is 1. The minimum Gasteiger partial charge on any atom is -0.333 e. The molecule has 0 aliphatic carbocycles. The Kier molecular flexibility index (Phi) is 6.51. The molecule has 0 aliphatic heterocycles. The third-order valence-electron chi connectivity index (χ3n) is 4.74. The van der Waals surface area contributed by atoms with E-state index in [1.807, 2.05) is 6.07 Å². The highest BCUT2D eigenvalue weighted by molar-refractivity contribution is 5.94. The Morgan fingerprint density at radius 1 is 1.24 bits per heavy atom. The summed E-state index contributed by atoms with van der Waals surface area (Å²) in [5.74, 6) is -1.57. The van der Waals surface area contributed by atoms with Crippen LogP contribution in [-0.2, 0) is 13.0 Å². The zero-order valence-corrected chi connectivity index (χ0v) is 16.9. The van der Waals surface area contributed by atoms with E-state index in [2.05, 4.69) is 36.1 Å². The van der Waals surface area contributed by atoms with Crippen LogP contribution in [0, 0.1) is 17.6 Å². The highest BCUT2D eigenvalue weighted by Gasteiger charge is 2.22. The highest BCUT2D eigenvalue weighted by atomic mass is 19.1. The molecule has 1 amide bonds. The first-order valence-electron chi connectivity index (χ1n) is 9.82. The lowest BCUT2D eigenvalue weighted by Crippen LogP contribution is -2.33. The van der Waals surface area contributed by atoms with E-state index in [-0.39, 0.29) is 12.1 Å². The van der Waals surface area contributed by atoms with Crippen molar-refractivity contribution in [3.8, 4) is 0 Å². The van der Waals surface area contributed by atoms with Crippen LogP contribution in [0.5, 0.6) is 0 Å². The number of fused-ring (bicyclic) bond motifs is 1. The number of nitrogens with zero attached hydrogens (tertiary/aromatic N) is 5. The summed E-state index contributed by atoms with van der Waals surface area (Å²) in [6.07, 6.45) is 3.91. The van der Waals surface area contributed by atoms with Crippen molar-refractivity contribution in [2.75, 3.05) is 6.54 Å². The van der Waals surface area contributed by atoms with Gasteiger partial charge in [0, 0.05) is 6.54 Å². The van der Waals surface area contributed by atoms with Crippen molar-refractivity contribution in [2.45, 2.75) is 46.6 Å². The van der Waals surface area contributed by atoms with Gasteiger partial charge in [0.15, 0.2) is 5.65 Å². The number of amides is 1. The molecule has 0 aliphatic rings. The number of aromatic nitrogens is 4. The van der Waals surface area contributed by atoms with Crippen LogP contribution in [0.15, 0.2) is 30.6 Å². The molecule has 0 atom stereocenters. The Morgan fingerprint density at radius 2 is 2.03 bits per heavy atom. The van der Waals surface area contributed by atoms with Crippen molar-refractivity contribution < 1.29 is 13.6 Å². The first kappa shape index (κ1) is 20.8. The summed E-state index contributed by atoms with van der Waals surface area (Å²) in [5, 5.41) is 12.5. The lowest BCUT2D eigenvalue weighted by atomic mass is 10.1. The summed E-state index contributed by atoms with van der Waals surface area (Å²) in [6, 6.07) is 4.84. The van der Waals surface area contributed by atoms with Gasteiger partial charge in [-0.15, -0.1) is 10.2 Å². The predicted octanol–water partition coefficient (Wildman–Crippen LogP) is 4.04. The van der Waals surface area contributed by atoms with Crippen LogP contribution in [0.1, 0.15) is 55.2 Å². The molecule has 1 aromatic carbocycles. The second-order valence-corrected chi connectivity index (χ2v) is 7.53. The van der Waals surface area contributed by atoms with Crippen molar-refractivity contribution in [2.24, 2.45) is 5.92 Å². The minimum absolute atomic E-state index is 0.199. The zero-order chi connectivity index (χ0) is 21.0. The van der Waals surface area contributed by atoms with Gasteiger partial charge in [-0.3, -0.25) is 4.79 Å². The maximum absolute atomic E-state index is 14.2. The number of carbonyl (C=O) groups excluding carboxylic acids is 1. The Morgan fingerprint density at radius 3 is 2.76 bits per heavy atom. The molecule has 0 saturated carbocycles. The molecule has 2 aromatic heterocycles. The summed E-state index contributed by atoms with van der Waals surface area (Å²) in [6.45, 7) is 6.78. The molecule has 8 heteroatoms. The van der Waals surface area contributed by atoms with Gasteiger partial charge in [0.2, 0.25) is 0 Å². The van der Waals surface area contributed by atoms with Gasteiger partial charge in [0.1, 0.15) is 18.0 Å². The number of hydrogen-bond donors (Lipinski definition) is 0. The lowest BCUT2D eigenvalue weighted by molar-refractivity contribution is 0.0727. The first-order chi connectivity index (χ1) is 13.9. The summed E-state index contributed by atoms with van der Waals surface area (Å²) in [7, 11) is 0. The molecular weight excluding hydrogens is 376 g/mol. The number of aryl methyl sites for hydroxylation is 1. The van der Waals surface area contributed by atoms with Crippen molar-refractivity contribution in [1.82, 2.24) is 24.7 Å². The average molecular weight is 401 g/mol. The van der Waals surface area contributed by atoms with E-state index in [1.165, 1.54) is 11.2 Å². The summed E-state index contributed by atoms with van der Waals surface area (Å²) in [5.41, 5.74) is 2.03. The van der Waals surface area contributed by atoms with Gasteiger partial charge >= 0.3 is 0 Å². The molecular formula is C21H25F2N5O. The molecule has 0 bridgehead atoms. The smallest absolute Gasteiger partial charge is 0.257 e. The normalized spacial score (nSPS) is 11.4. The SMILES string of the molecule is CCCc1cc2nncn2nc1CN(CCC(C)C)C(=O)c1cc(F)ccc1F.